The Balaban J connectivity index is 1.83. The minimum absolute atomic E-state index is 0.136. The van der Waals surface area contributed by atoms with Crippen LogP contribution in [0.4, 0.5) is 15.8 Å². The number of anilines is 2. The summed E-state index contributed by atoms with van der Waals surface area (Å²) in [7, 11) is 0. The molecule has 0 saturated carbocycles. The Morgan fingerprint density at radius 3 is 2.41 bits per heavy atom. The molecule has 1 heterocycles. The van der Waals surface area contributed by atoms with Gasteiger partial charge >= 0.3 is 0 Å². The van der Waals surface area contributed by atoms with Gasteiger partial charge in [0.15, 0.2) is 0 Å². The molecule has 142 valence electrons. The number of carbonyl (C=O) groups excluding carboxylic acids is 1. The number of hydrogen-bond donors (Lipinski definition) is 2. The SMILES string of the molecule is CCN(CC)c1ccc(NC(=O)C(C)(C)c2c[nH]c3ccc(F)cc23)cc1. The number of aromatic amines is 1. The first-order chi connectivity index (χ1) is 12.9. The number of benzene rings is 2. The van der Waals surface area contributed by atoms with Crippen LogP contribution in [0.2, 0.25) is 0 Å². The van der Waals surface area contributed by atoms with Crippen molar-refractivity contribution >= 4 is 28.2 Å². The fourth-order valence-electron chi connectivity index (χ4n) is 3.36. The maximum atomic E-state index is 13.7. The minimum atomic E-state index is -0.816. The average molecular weight is 367 g/mol. The van der Waals surface area contributed by atoms with Crippen LogP contribution in [-0.2, 0) is 10.2 Å². The zero-order valence-electron chi connectivity index (χ0n) is 16.3. The third-order valence-corrected chi connectivity index (χ3v) is 5.14. The van der Waals surface area contributed by atoms with Gasteiger partial charge in [-0.15, -0.1) is 0 Å². The van der Waals surface area contributed by atoms with Crippen LogP contribution in [0.25, 0.3) is 10.9 Å². The van der Waals surface area contributed by atoms with Gasteiger partial charge in [0, 0.05) is 41.6 Å². The second-order valence-electron chi connectivity index (χ2n) is 7.19. The van der Waals surface area contributed by atoms with E-state index in [-0.39, 0.29) is 11.7 Å². The lowest BCUT2D eigenvalue weighted by atomic mass is 9.83. The molecule has 0 fully saturated rings. The monoisotopic (exact) mass is 367 g/mol. The Hall–Kier alpha value is -2.82. The highest BCUT2D eigenvalue weighted by atomic mass is 19.1. The number of fused-ring (bicyclic) bond motifs is 1. The molecule has 0 aliphatic carbocycles. The molecule has 3 rings (SSSR count). The summed E-state index contributed by atoms with van der Waals surface area (Å²) in [5.41, 5.74) is 2.65. The van der Waals surface area contributed by atoms with Crippen LogP contribution in [-0.4, -0.2) is 24.0 Å². The van der Waals surface area contributed by atoms with E-state index in [2.05, 4.69) is 29.0 Å². The molecule has 0 unspecified atom stereocenters. The fourth-order valence-corrected chi connectivity index (χ4v) is 3.36. The Morgan fingerprint density at radius 2 is 1.78 bits per heavy atom. The summed E-state index contributed by atoms with van der Waals surface area (Å²) in [5, 5.41) is 3.72. The topological polar surface area (TPSA) is 48.1 Å². The first kappa shape index (κ1) is 19.0. The molecule has 2 aromatic carbocycles. The number of nitrogens with one attached hydrogen (secondary N) is 2. The number of nitrogens with zero attached hydrogens (tertiary/aromatic N) is 1. The second kappa shape index (κ2) is 7.43. The molecule has 27 heavy (non-hydrogen) atoms. The van der Waals surface area contributed by atoms with Crippen molar-refractivity contribution < 1.29 is 9.18 Å². The highest BCUT2D eigenvalue weighted by Gasteiger charge is 2.32. The van der Waals surface area contributed by atoms with Crippen molar-refractivity contribution in [2.24, 2.45) is 0 Å². The molecule has 0 spiro atoms. The van der Waals surface area contributed by atoms with Crippen molar-refractivity contribution in [2.45, 2.75) is 33.1 Å². The molecule has 1 aromatic heterocycles. The van der Waals surface area contributed by atoms with Gasteiger partial charge in [-0.3, -0.25) is 4.79 Å². The normalized spacial score (nSPS) is 11.6. The highest BCUT2D eigenvalue weighted by molar-refractivity contribution is 6.02. The van der Waals surface area contributed by atoms with E-state index < -0.39 is 5.41 Å². The molecular formula is C22H26FN3O. The second-order valence-corrected chi connectivity index (χ2v) is 7.19. The van der Waals surface area contributed by atoms with Gasteiger partial charge in [0.05, 0.1) is 5.41 Å². The van der Waals surface area contributed by atoms with Crippen molar-refractivity contribution in [2.75, 3.05) is 23.3 Å². The molecule has 4 nitrogen and oxygen atoms in total. The summed E-state index contributed by atoms with van der Waals surface area (Å²) < 4.78 is 13.7. The molecule has 5 heteroatoms. The number of rotatable bonds is 6. The number of carbonyl (C=O) groups is 1. The van der Waals surface area contributed by atoms with Crippen LogP contribution < -0.4 is 10.2 Å². The average Bonchev–Trinajstić information content (AvgIpc) is 3.07. The number of aromatic nitrogens is 1. The summed E-state index contributed by atoms with van der Waals surface area (Å²) in [6.07, 6.45) is 1.78. The molecule has 2 N–H and O–H groups in total. The number of H-pyrrole nitrogens is 1. The summed E-state index contributed by atoms with van der Waals surface area (Å²) in [6.45, 7) is 9.80. The lowest BCUT2D eigenvalue weighted by Gasteiger charge is -2.24. The van der Waals surface area contributed by atoms with Crippen LogP contribution in [0.15, 0.2) is 48.7 Å². The molecular weight excluding hydrogens is 341 g/mol. The zero-order chi connectivity index (χ0) is 19.6. The third kappa shape index (κ3) is 3.68. The largest absolute Gasteiger partial charge is 0.372 e. The van der Waals surface area contributed by atoms with Gasteiger partial charge in [-0.05, 0) is 75.7 Å². The van der Waals surface area contributed by atoms with Gasteiger partial charge in [-0.2, -0.15) is 0 Å². The van der Waals surface area contributed by atoms with E-state index in [4.69, 9.17) is 0 Å². The Morgan fingerprint density at radius 1 is 1.11 bits per heavy atom. The van der Waals surface area contributed by atoms with Crippen molar-refractivity contribution in [3.8, 4) is 0 Å². The quantitative estimate of drug-likeness (QED) is 0.639. The Kier molecular flexibility index (Phi) is 5.22. The van der Waals surface area contributed by atoms with Crippen molar-refractivity contribution in [3.63, 3.8) is 0 Å². The van der Waals surface area contributed by atoms with Gasteiger partial charge < -0.3 is 15.2 Å². The van der Waals surface area contributed by atoms with Gasteiger partial charge in [-0.1, -0.05) is 0 Å². The van der Waals surface area contributed by atoms with E-state index in [0.717, 1.165) is 40.9 Å². The van der Waals surface area contributed by atoms with Crippen molar-refractivity contribution in [1.82, 2.24) is 4.98 Å². The number of hydrogen-bond acceptors (Lipinski definition) is 2. The predicted molar refractivity (Wildman–Crippen MR) is 110 cm³/mol. The van der Waals surface area contributed by atoms with E-state index in [1.807, 2.05) is 38.1 Å². The first-order valence-corrected chi connectivity index (χ1v) is 9.30. The Labute approximate surface area is 159 Å². The summed E-state index contributed by atoms with van der Waals surface area (Å²) in [6, 6.07) is 12.4. The molecule has 0 saturated heterocycles. The molecule has 1 amide bonds. The van der Waals surface area contributed by atoms with E-state index in [9.17, 15) is 9.18 Å². The number of halogens is 1. The van der Waals surface area contributed by atoms with Crippen LogP contribution in [0, 0.1) is 5.82 Å². The molecule has 0 radical (unpaired) electrons. The minimum Gasteiger partial charge on any atom is -0.372 e. The lowest BCUT2D eigenvalue weighted by Crippen LogP contribution is -2.34. The summed E-state index contributed by atoms with van der Waals surface area (Å²) >= 11 is 0. The zero-order valence-corrected chi connectivity index (χ0v) is 16.3. The van der Waals surface area contributed by atoms with E-state index in [1.54, 1.807) is 12.3 Å². The predicted octanol–water partition coefficient (Wildman–Crippen LogP) is 5.07. The lowest BCUT2D eigenvalue weighted by molar-refractivity contribution is -0.120. The molecule has 0 bridgehead atoms. The van der Waals surface area contributed by atoms with Gasteiger partial charge in [0.1, 0.15) is 5.82 Å². The summed E-state index contributed by atoms with van der Waals surface area (Å²) in [4.78, 5) is 18.3. The third-order valence-electron chi connectivity index (χ3n) is 5.14. The van der Waals surface area contributed by atoms with Crippen LogP contribution in [0.1, 0.15) is 33.3 Å². The molecule has 3 aromatic rings. The molecule has 0 aliphatic heterocycles. The number of amides is 1. The summed E-state index contributed by atoms with van der Waals surface area (Å²) in [5.74, 6) is -0.449. The van der Waals surface area contributed by atoms with Gasteiger partial charge in [-0.25, -0.2) is 4.39 Å². The maximum absolute atomic E-state index is 13.7. The Bertz CT molecular complexity index is 940. The van der Waals surface area contributed by atoms with Gasteiger partial charge in [0.2, 0.25) is 5.91 Å². The van der Waals surface area contributed by atoms with Crippen LogP contribution in [0.5, 0.6) is 0 Å². The fraction of sp³-hybridized carbons (Fsp3) is 0.318. The van der Waals surface area contributed by atoms with Crippen molar-refractivity contribution in [3.05, 3.63) is 60.0 Å². The van der Waals surface area contributed by atoms with Crippen LogP contribution >= 0.6 is 0 Å². The molecule has 0 atom stereocenters. The molecule has 0 aliphatic rings. The standard InChI is InChI=1S/C22H26FN3O/c1-5-26(6-2)17-10-8-16(9-11-17)25-21(27)22(3,4)19-14-24-20-12-7-15(23)13-18(19)20/h7-14,24H,5-6H2,1-4H3,(H,25,27). The van der Waals surface area contributed by atoms with E-state index >= 15 is 0 Å². The maximum Gasteiger partial charge on any atom is 0.234 e. The van der Waals surface area contributed by atoms with Crippen LogP contribution in [0.3, 0.4) is 0 Å². The van der Waals surface area contributed by atoms with E-state index in [0.29, 0.717) is 0 Å². The van der Waals surface area contributed by atoms with Gasteiger partial charge in [0.25, 0.3) is 0 Å². The highest BCUT2D eigenvalue weighted by Crippen LogP contribution is 2.32. The first-order valence-electron chi connectivity index (χ1n) is 9.30. The van der Waals surface area contributed by atoms with E-state index in [1.165, 1.54) is 12.1 Å². The van der Waals surface area contributed by atoms with Crippen molar-refractivity contribution in [1.29, 1.82) is 0 Å². The smallest absolute Gasteiger partial charge is 0.234 e.